The lowest BCUT2D eigenvalue weighted by Crippen LogP contribution is -2.32. The number of likely N-dealkylation sites (tertiary alicyclic amines) is 1. The number of carbonyl (C=O) groups excluding carboxylic acids is 2. The van der Waals surface area contributed by atoms with E-state index in [2.05, 4.69) is 22.0 Å². The first-order chi connectivity index (χ1) is 18.3. The SMILES string of the molecule is CC1CCN(Cc2ccc(N3CC(C(=O)Cc4nnc(CCc5ccc(Cl)cc5)s4)CC3=O)c(F)c2)CC1. The normalized spacial score (nSPS) is 18.9. The lowest BCUT2D eigenvalue weighted by Gasteiger charge is -2.30. The zero-order valence-corrected chi connectivity index (χ0v) is 23.1. The zero-order chi connectivity index (χ0) is 26.6. The summed E-state index contributed by atoms with van der Waals surface area (Å²) < 4.78 is 15.1. The number of rotatable bonds is 9. The fourth-order valence-electron chi connectivity index (χ4n) is 5.16. The van der Waals surface area contributed by atoms with E-state index in [-0.39, 0.29) is 36.8 Å². The summed E-state index contributed by atoms with van der Waals surface area (Å²) in [7, 11) is 0. The molecule has 2 aliphatic heterocycles. The van der Waals surface area contributed by atoms with Gasteiger partial charge in [0.15, 0.2) is 0 Å². The lowest BCUT2D eigenvalue weighted by atomic mass is 9.99. The topological polar surface area (TPSA) is 66.4 Å². The lowest BCUT2D eigenvalue weighted by molar-refractivity contribution is -0.124. The Bertz CT molecular complexity index is 1290. The van der Waals surface area contributed by atoms with E-state index in [1.165, 1.54) is 35.1 Å². The first-order valence-corrected chi connectivity index (χ1v) is 14.4. The average molecular weight is 555 g/mol. The molecule has 1 atom stereocenters. The van der Waals surface area contributed by atoms with Gasteiger partial charge in [-0.25, -0.2) is 4.39 Å². The molecule has 6 nitrogen and oxygen atoms in total. The van der Waals surface area contributed by atoms with Crippen LogP contribution in [-0.4, -0.2) is 46.4 Å². The maximum Gasteiger partial charge on any atom is 0.227 e. The molecule has 0 N–H and O–H groups in total. The molecule has 2 aliphatic rings. The Morgan fingerprint density at radius 2 is 1.76 bits per heavy atom. The number of anilines is 1. The molecule has 0 spiro atoms. The van der Waals surface area contributed by atoms with Crippen LogP contribution >= 0.6 is 22.9 Å². The van der Waals surface area contributed by atoms with Crippen molar-refractivity contribution in [2.75, 3.05) is 24.5 Å². The molecule has 2 fully saturated rings. The van der Waals surface area contributed by atoms with E-state index >= 15 is 4.39 Å². The second kappa shape index (κ2) is 12.0. The van der Waals surface area contributed by atoms with Crippen LogP contribution in [0.3, 0.4) is 0 Å². The molecule has 2 saturated heterocycles. The Labute approximate surface area is 231 Å². The Kier molecular flexibility index (Phi) is 8.51. The number of aromatic nitrogens is 2. The number of benzene rings is 2. The second-order valence-corrected chi connectivity index (χ2v) is 12.1. The maximum absolute atomic E-state index is 15.1. The van der Waals surface area contributed by atoms with Gasteiger partial charge in [0.05, 0.1) is 12.1 Å². The molecule has 1 aromatic heterocycles. The smallest absolute Gasteiger partial charge is 0.227 e. The standard InChI is InChI=1S/C29H32ClFN4O2S/c1-19-10-12-34(13-11-19)17-21-4-8-25(24(31)14-21)35-18-22(15-29(35)37)26(36)16-28-33-32-27(38-28)9-5-20-2-6-23(30)7-3-20/h2-4,6-8,14,19,22H,5,9-13,15-18H2,1H3. The highest BCUT2D eigenvalue weighted by atomic mass is 35.5. The van der Waals surface area contributed by atoms with Crippen molar-refractivity contribution < 1.29 is 14.0 Å². The number of hydrogen-bond acceptors (Lipinski definition) is 6. The van der Waals surface area contributed by atoms with Crippen molar-refractivity contribution in [1.82, 2.24) is 15.1 Å². The summed E-state index contributed by atoms with van der Waals surface area (Å²) in [5.74, 6) is -0.420. The van der Waals surface area contributed by atoms with E-state index < -0.39 is 11.7 Å². The number of carbonyl (C=O) groups is 2. The number of ketones is 1. The van der Waals surface area contributed by atoms with Gasteiger partial charge >= 0.3 is 0 Å². The van der Waals surface area contributed by atoms with Crippen LogP contribution < -0.4 is 4.90 Å². The first kappa shape index (κ1) is 26.9. The molecule has 0 aliphatic carbocycles. The summed E-state index contributed by atoms with van der Waals surface area (Å²) in [6, 6.07) is 12.8. The number of aryl methyl sites for hydroxylation is 2. The molecule has 0 radical (unpaired) electrons. The molecular weight excluding hydrogens is 523 g/mol. The third-order valence-electron chi connectivity index (χ3n) is 7.54. The molecule has 0 saturated carbocycles. The van der Waals surface area contributed by atoms with Gasteiger partial charge < -0.3 is 4.90 Å². The zero-order valence-electron chi connectivity index (χ0n) is 21.5. The van der Waals surface area contributed by atoms with Crippen LogP contribution in [0, 0.1) is 17.7 Å². The summed E-state index contributed by atoms with van der Waals surface area (Å²) in [6.07, 6.45) is 4.11. The number of halogens is 2. The van der Waals surface area contributed by atoms with Gasteiger partial charge in [0.1, 0.15) is 21.6 Å². The fourth-order valence-corrected chi connectivity index (χ4v) is 6.14. The van der Waals surface area contributed by atoms with Crippen molar-refractivity contribution >= 4 is 40.3 Å². The van der Waals surface area contributed by atoms with E-state index in [0.29, 0.717) is 16.6 Å². The first-order valence-electron chi connectivity index (χ1n) is 13.2. The van der Waals surface area contributed by atoms with Crippen LogP contribution in [0.25, 0.3) is 0 Å². The van der Waals surface area contributed by atoms with Crippen molar-refractivity contribution in [2.24, 2.45) is 11.8 Å². The van der Waals surface area contributed by atoms with Crippen LogP contribution in [0.5, 0.6) is 0 Å². The van der Waals surface area contributed by atoms with E-state index in [4.69, 9.17) is 11.6 Å². The van der Waals surface area contributed by atoms with Gasteiger partial charge in [-0.15, -0.1) is 21.5 Å². The van der Waals surface area contributed by atoms with Gasteiger partial charge in [0.2, 0.25) is 5.91 Å². The molecule has 3 aromatic rings. The van der Waals surface area contributed by atoms with Gasteiger partial charge in [0, 0.05) is 36.9 Å². The highest BCUT2D eigenvalue weighted by Gasteiger charge is 2.36. The molecule has 38 heavy (non-hydrogen) atoms. The number of nitrogens with zero attached hydrogens (tertiary/aromatic N) is 4. The van der Waals surface area contributed by atoms with Gasteiger partial charge in [0.25, 0.3) is 0 Å². The Balaban J connectivity index is 1.15. The second-order valence-electron chi connectivity index (χ2n) is 10.5. The van der Waals surface area contributed by atoms with Crippen LogP contribution in [0.1, 0.15) is 47.3 Å². The van der Waals surface area contributed by atoms with Gasteiger partial charge in [-0.2, -0.15) is 0 Å². The summed E-state index contributed by atoms with van der Waals surface area (Å²) in [6.45, 7) is 5.23. The number of amides is 1. The van der Waals surface area contributed by atoms with E-state index in [1.54, 1.807) is 6.07 Å². The molecular formula is C29H32ClFN4O2S. The Hall–Kier alpha value is -2.68. The molecule has 2 aromatic carbocycles. The third-order valence-corrected chi connectivity index (χ3v) is 8.78. The van der Waals surface area contributed by atoms with Crippen molar-refractivity contribution in [2.45, 2.75) is 52.0 Å². The predicted molar refractivity (Wildman–Crippen MR) is 148 cm³/mol. The van der Waals surface area contributed by atoms with Gasteiger partial charge in [-0.1, -0.05) is 36.7 Å². The van der Waals surface area contributed by atoms with Crippen LogP contribution in [0.15, 0.2) is 42.5 Å². The van der Waals surface area contributed by atoms with Crippen molar-refractivity contribution in [3.8, 4) is 0 Å². The van der Waals surface area contributed by atoms with Gasteiger partial charge in [-0.05, 0) is 73.7 Å². The number of hydrogen-bond donors (Lipinski definition) is 0. The largest absolute Gasteiger partial charge is 0.309 e. The molecule has 200 valence electrons. The minimum absolute atomic E-state index is 0.0578. The van der Waals surface area contributed by atoms with Crippen LogP contribution in [-0.2, 0) is 35.4 Å². The summed E-state index contributed by atoms with van der Waals surface area (Å²) in [5, 5.41) is 10.6. The van der Waals surface area contributed by atoms with E-state index in [9.17, 15) is 9.59 Å². The minimum Gasteiger partial charge on any atom is -0.309 e. The quantitative estimate of drug-likeness (QED) is 0.349. The molecule has 0 bridgehead atoms. The van der Waals surface area contributed by atoms with Crippen molar-refractivity contribution in [3.05, 3.63) is 74.4 Å². The predicted octanol–water partition coefficient (Wildman–Crippen LogP) is 5.51. The summed E-state index contributed by atoms with van der Waals surface area (Å²) in [4.78, 5) is 29.5. The third kappa shape index (κ3) is 6.65. The number of piperidine rings is 1. The Morgan fingerprint density at radius 1 is 1.05 bits per heavy atom. The molecule has 1 amide bonds. The van der Waals surface area contributed by atoms with Crippen molar-refractivity contribution in [3.63, 3.8) is 0 Å². The monoisotopic (exact) mass is 554 g/mol. The molecule has 3 heterocycles. The molecule has 1 unspecified atom stereocenters. The van der Waals surface area contributed by atoms with E-state index in [0.717, 1.165) is 48.0 Å². The van der Waals surface area contributed by atoms with Gasteiger partial charge in [-0.3, -0.25) is 14.5 Å². The van der Waals surface area contributed by atoms with Crippen LogP contribution in [0.4, 0.5) is 10.1 Å². The highest BCUT2D eigenvalue weighted by Crippen LogP contribution is 2.30. The maximum atomic E-state index is 15.1. The summed E-state index contributed by atoms with van der Waals surface area (Å²) >= 11 is 7.37. The molecule has 5 rings (SSSR count). The number of Topliss-reactive ketones (excluding diaryl/α,β-unsaturated/α-hetero) is 1. The molecule has 9 heteroatoms. The Morgan fingerprint density at radius 3 is 2.50 bits per heavy atom. The van der Waals surface area contributed by atoms with Crippen LogP contribution in [0.2, 0.25) is 5.02 Å². The minimum atomic E-state index is -0.474. The highest BCUT2D eigenvalue weighted by molar-refractivity contribution is 7.11. The summed E-state index contributed by atoms with van der Waals surface area (Å²) in [5.41, 5.74) is 2.32. The average Bonchev–Trinajstić information content (AvgIpc) is 3.51. The van der Waals surface area contributed by atoms with Crippen molar-refractivity contribution in [1.29, 1.82) is 0 Å². The fraction of sp³-hybridized carbons (Fsp3) is 0.448. The van der Waals surface area contributed by atoms with E-state index in [1.807, 2.05) is 30.3 Å².